The van der Waals surface area contributed by atoms with Crippen LogP contribution in [0.2, 0.25) is 0 Å². The summed E-state index contributed by atoms with van der Waals surface area (Å²) in [6.45, 7) is -0.336. The number of carbonyl (C=O) groups excluding carboxylic acids is 1. The fraction of sp³-hybridized carbons (Fsp3) is 0.333. The number of phenols is 1. The molecular weight excluding hydrogens is 424 g/mol. The lowest BCUT2D eigenvalue weighted by Gasteiger charge is -2.37. The monoisotopic (exact) mass is 446 g/mol. The van der Waals surface area contributed by atoms with E-state index in [1.165, 1.54) is 34.5 Å². The van der Waals surface area contributed by atoms with Crippen molar-refractivity contribution in [2.24, 2.45) is 0 Å². The van der Waals surface area contributed by atoms with Gasteiger partial charge < -0.3 is 19.8 Å². The van der Waals surface area contributed by atoms with Crippen molar-refractivity contribution < 1.29 is 33.0 Å². The number of rotatable bonds is 5. The van der Waals surface area contributed by atoms with Crippen LogP contribution in [0.25, 0.3) is 0 Å². The molecule has 1 amide bonds. The molecule has 31 heavy (non-hydrogen) atoms. The predicted octanol–water partition coefficient (Wildman–Crippen LogP) is 1.55. The highest BCUT2D eigenvalue weighted by Gasteiger charge is 2.53. The molecule has 9 nitrogen and oxygen atoms in total. The molecule has 2 N–H and O–H groups in total. The van der Waals surface area contributed by atoms with Gasteiger partial charge in [-0.25, -0.2) is 8.42 Å². The number of phenolic OH excluding ortho intramolecular Hbond substituents is 1. The summed E-state index contributed by atoms with van der Waals surface area (Å²) >= 11 is 0. The third-order valence-corrected chi connectivity index (χ3v) is 7.95. The number of sulfonamides is 1. The van der Waals surface area contributed by atoms with Crippen LogP contribution in [0.15, 0.2) is 47.4 Å². The van der Waals surface area contributed by atoms with Crippen molar-refractivity contribution in [1.82, 2.24) is 4.31 Å². The average Bonchev–Trinajstić information content (AvgIpc) is 2.97. The van der Waals surface area contributed by atoms with Crippen molar-refractivity contribution in [2.75, 3.05) is 31.6 Å². The highest BCUT2D eigenvalue weighted by molar-refractivity contribution is 7.89. The Labute approximate surface area is 179 Å². The van der Waals surface area contributed by atoms with Gasteiger partial charge in [-0.1, -0.05) is 18.2 Å². The number of benzene rings is 2. The highest BCUT2D eigenvalue weighted by Crippen LogP contribution is 2.48. The number of carboxylic acids is 1. The van der Waals surface area contributed by atoms with E-state index < -0.39 is 28.0 Å². The third-order valence-electron chi connectivity index (χ3n) is 6.02. The zero-order valence-corrected chi connectivity index (χ0v) is 17.6. The number of aromatic hydroxyl groups is 1. The predicted molar refractivity (Wildman–Crippen MR) is 111 cm³/mol. The molecule has 10 heteroatoms. The number of anilines is 1. The summed E-state index contributed by atoms with van der Waals surface area (Å²) in [5.41, 5.74) is 0.313. The third kappa shape index (κ3) is 3.31. The Balaban J connectivity index is 1.64. The van der Waals surface area contributed by atoms with E-state index in [0.717, 1.165) is 5.56 Å². The standard InChI is InChI=1S/C21H22N2O7S/c1-30-14-6-7-17(24)18(12-14)31(28,29)22-10-8-21(9-11-22)15-4-2-3-5-16(15)23(20(21)27)13-19(25)26/h2-7,12,24H,8-11,13H2,1H3,(H,25,26). The zero-order valence-electron chi connectivity index (χ0n) is 16.8. The number of aliphatic carboxylic acids is 1. The van der Waals surface area contributed by atoms with Gasteiger partial charge in [0, 0.05) is 24.8 Å². The van der Waals surface area contributed by atoms with Crippen LogP contribution < -0.4 is 9.64 Å². The Morgan fingerprint density at radius 1 is 1.16 bits per heavy atom. The van der Waals surface area contributed by atoms with Crippen LogP contribution in [0.3, 0.4) is 0 Å². The minimum absolute atomic E-state index is 0.0555. The fourth-order valence-corrected chi connectivity index (χ4v) is 5.99. The molecule has 0 aliphatic carbocycles. The number of piperidine rings is 1. The maximum Gasteiger partial charge on any atom is 0.323 e. The molecular formula is C21H22N2O7S. The molecule has 0 saturated carbocycles. The van der Waals surface area contributed by atoms with Gasteiger partial charge in [-0.05, 0) is 36.6 Å². The Morgan fingerprint density at radius 2 is 1.84 bits per heavy atom. The summed E-state index contributed by atoms with van der Waals surface area (Å²) in [5, 5.41) is 19.3. The molecule has 1 saturated heterocycles. The number of hydrogen-bond acceptors (Lipinski definition) is 6. The molecule has 0 atom stereocenters. The SMILES string of the molecule is COc1ccc(O)c(S(=O)(=O)N2CCC3(CC2)C(=O)N(CC(=O)O)c2ccccc23)c1. The van der Waals surface area contributed by atoms with Gasteiger partial charge >= 0.3 is 5.97 Å². The second-order valence-electron chi connectivity index (χ2n) is 7.62. The molecule has 2 aromatic carbocycles. The zero-order chi connectivity index (χ0) is 22.4. The van der Waals surface area contributed by atoms with Crippen LogP contribution in [-0.2, 0) is 25.0 Å². The first-order valence-corrected chi connectivity index (χ1v) is 11.1. The lowest BCUT2D eigenvalue weighted by molar-refractivity contribution is -0.137. The number of ether oxygens (including phenoxy) is 1. The van der Waals surface area contributed by atoms with Crippen LogP contribution in [0, 0.1) is 0 Å². The van der Waals surface area contributed by atoms with Gasteiger partial charge in [0.05, 0.1) is 12.5 Å². The number of hydrogen-bond donors (Lipinski definition) is 2. The average molecular weight is 446 g/mol. The molecule has 2 aliphatic heterocycles. The van der Waals surface area contributed by atoms with Gasteiger partial charge in [0.2, 0.25) is 15.9 Å². The summed E-state index contributed by atoms with van der Waals surface area (Å²) < 4.78 is 32.6. The summed E-state index contributed by atoms with van der Waals surface area (Å²) in [7, 11) is -2.61. The number of nitrogens with zero attached hydrogens (tertiary/aromatic N) is 2. The van der Waals surface area contributed by atoms with Crippen LogP contribution in [0.5, 0.6) is 11.5 Å². The maximum absolute atomic E-state index is 13.3. The van der Waals surface area contributed by atoms with Crippen molar-refractivity contribution in [2.45, 2.75) is 23.2 Å². The van der Waals surface area contributed by atoms with Crippen molar-refractivity contribution in [3.63, 3.8) is 0 Å². The number of carbonyl (C=O) groups is 2. The van der Waals surface area contributed by atoms with E-state index in [4.69, 9.17) is 4.74 Å². The summed E-state index contributed by atoms with van der Waals surface area (Å²) in [5.74, 6) is -1.52. The molecule has 1 spiro atoms. The number of methoxy groups -OCH3 is 1. The number of para-hydroxylation sites is 1. The molecule has 0 aromatic heterocycles. The largest absolute Gasteiger partial charge is 0.507 e. The van der Waals surface area contributed by atoms with Gasteiger partial charge in [0.15, 0.2) is 0 Å². The van der Waals surface area contributed by atoms with Crippen molar-refractivity contribution in [1.29, 1.82) is 0 Å². The highest BCUT2D eigenvalue weighted by atomic mass is 32.2. The molecule has 4 rings (SSSR count). The van der Waals surface area contributed by atoms with Gasteiger partial charge in [-0.3, -0.25) is 9.59 Å². The smallest absolute Gasteiger partial charge is 0.323 e. The normalized spacial score (nSPS) is 18.2. The minimum Gasteiger partial charge on any atom is -0.507 e. The van der Waals surface area contributed by atoms with E-state index in [1.54, 1.807) is 24.3 Å². The molecule has 0 bridgehead atoms. The van der Waals surface area contributed by atoms with Crippen LogP contribution >= 0.6 is 0 Å². The lowest BCUT2D eigenvalue weighted by Crippen LogP contribution is -2.50. The minimum atomic E-state index is -4.01. The number of carboxylic acid groups (broad SMARTS) is 1. The maximum atomic E-state index is 13.3. The van der Waals surface area contributed by atoms with Gasteiger partial charge in [0.25, 0.3) is 0 Å². The Kier molecular flexibility index (Phi) is 5.14. The molecule has 0 radical (unpaired) electrons. The lowest BCUT2D eigenvalue weighted by atomic mass is 9.74. The molecule has 2 heterocycles. The summed E-state index contributed by atoms with van der Waals surface area (Å²) in [6, 6.07) is 11.0. The van der Waals surface area contributed by atoms with Crippen LogP contribution in [0.4, 0.5) is 5.69 Å². The van der Waals surface area contributed by atoms with E-state index in [-0.39, 0.29) is 42.5 Å². The molecule has 2 aliphatic rings. The number of amides is 1. The number of fused-ring (bicyclic) bond motifs is 2. The van der Waals surface area contributed by atoms with Crippen molar-refractivity contribution >= 4 is 27.6 Å². The van der Waals surface area contributed by atoms with E-state index in [2.05, 4.69) is 0 Å². The molecule has 0 unspecified atom stereocenters. The van der Waals surface area contributed by atoms with Crippen molar-refractivity contribution in [3.05, 3.63) is 48.0 Å². The van der Waals surface area contributed by atoms with E-state index >= 15 is 0 Å². The van der Waals surface area contributed by atoms with Crippen LogP contribution in [-0.4, -0.2) is 61.6 Å². The van der Waals surface area contributed by atoms with Crippen molar-refractivity contribution in [3.8, 4) is 11.5 Å². The first kappa shape index (κ1) is 21.1. The summed E-state index contributed by atoms with van der Waals surface area (Å²) in [4.78, 5) is 25.6. The Morgan fingerprint density at radius 3 is 2.48 bits per heavy atom. The van der Waals surface area contributed by atoms with Gasteiger partial charge in [-0.2, -0.15) is 4.31 Å². The van der Waals surface area contributed by atoms with Gasteiger partial charge in [-0.15, -0.1) is 0 Å². The van der Waals surface area contributed by atoms with Gasteiger partial charge in [0.1, 0.15) is 22.9 Å². The second kappa shape index (κ2) is 7.54. The Hall–Kier alpha value is -3.11. The topological polar surface area (TPSA) is 124 Å². The molecule has 164 valence electrons. The second-order valence-corrected chi connectivity index (χ2v) is 9.53. The van der Waals surface area contributed by atoms with E-state index in [9.17, 15) is 28.2 Å². The molecule has 2 aromatic rings. The van der Waals surface area contributed by atoms with E-state index in [1.807, 2.05) is 0 Å². The first-order valence-electron chi connectivity index (χ1n) is 9.71. The first-order chi connectivity index (χ1) is 14.7. The van der Waals surface area contributed by atoms with E-state index in [0.29, 0.717) is 11.4 Å². The Bertz CT molecular complexity index is 1150. The summed E-state index contributed by atoms with van der Waals surface area (Å²) in [6.07, 6.45) is 0.422. The molecule has 1 fully saturated rings. The fourth-order valence-electron chi connectivity index (χ4n) is 4.45. The van der Waals surface area contributed by atoms with Crippen LogP contribution in [0.1, 0.15) is 18.4 Å². The quantitative estimate of drug-likeness (QED) is 0.714.